The minimum absolute atomic E-state index is 0.000657. The molecule has 1 fully saturated rings. The Morgan fingerprint density at radius 3 is 2.35 bits per heavy atom. The van der Waals surface area contributed by atoms with Gasteiger partial charge in [-0.1, -0.05) is 24.3 Å². The number of carbonyl (C=O) groups is 2. The van der Waals surface area contributed by atoms with E-state index < -0.39 is 41.0 Å². The molecular weight excluding hydrogens is 576 g/mol. The van der Waals surface area contributed by atoms with Crippen LogP contribution < -0.4 is 5.32 Å². The molecule has 1 atom stereocenters. The molecule has 5 rings (SSSR count). The third-order valence-corrected chi connectivity index (χ3v) is 7.37. The lowest BCUT2D eigenvalue weighted by Gasteiger charge is -2.41. The normalized spacial score (nSPS) is 16.4. The molecule has 1 aliphatic rings. The SMILES string of the molecule is O=C(CN1CCN(C(=O)c2cc(C(F)(F)F)cc(C(F)(F)F)c2)C(Cc2c[nH]c3ccccc23)C1)NCc1cccnc1. The fourth-order valence-corrected chi connectivity index (χ4v) is 5.27. The van der Waals surface area contributed by atoms with E-state index in [2.05, 4.69) is 15.3 Å². The molecule has 1 aliphatic heterocycles. The van der Waals surface area contributed by atoms with Crippen LogP contribution in [0.15, 0.2) is 73.2 Å². The van der Waals surface area contributed by atoms with E-state index in [1.54, 1.807) is 24.7 Å². The van der Waals surface area contributed by atoms with Crippen LogP contribution in [0.2, 0.25) is 0 Å². The summed E-state index contributed by atoms with van der Waals surface area (Å²) in [5.74, 6) is -1.22. The molecule has 0 aliphatic carbocycles. The van der Waals surface area contributed by atoms with Gasteiger partial charge in [-0.25, -0.2) is 0 Å². The van der Waals surface area contributed by atoms with Crippen molar-refractivity contribution in [1.82, 2.24) is 25.1 Å². The zero-order valence-electron chi connectivity index (χ0n) is 22.7. The van der Waals surface area contributed by atoms with Gasteiger partial charge >= 0.3 is 12.4 Å². The van der Waals surface area contributed by atoms with Gasteiger partial charge in [0, 0.05) is 67.3 Å². The second kappa shape index (κ2) is 12.1. The van der Waals surface area contributed by atoms with E-state index in [1.807, 2.05) is 35.2 Å². The number of alkyl halides is 6. The van der Waals surface area contributed by atoms with Gasteiger partial charge in [-0.05, 0) is 47.9 Å². The first-order valence-electron chi connectivity index (χ1n) is 13.4. The quantitative estimate of drug-likeness (QED) is 0.282. The van der Waals surface area contributed by atoms with Crippen molar-refractivity contribution in [3.05, 3.63) is 101 Å². The van der Waals surface area contributed by atoms with Crippen molar-refractivity contribution < 1.29 is 35.9 Å². The van der Waals surface area contributed by atoms with E-state index in [9.17, 15) is 35.9 Å². The van der Waals surface area contributed by atoms with Gasteiger partial charge in [0.1, 0.15) is 0 Å². The molecule has 2 N–H and O–H groups in total. The molecule has 0 bridgehead atoms. The highest BCUT2D eigenvalue weighted by Crippen LogP contribution is 2.37. The Morgan fingerprint density at radius 1 is 0.953 bits per heavy atom. The van der Waals surface area contributed by atoms with E-state index in [-0.39, 0.29) is 51.1 Å². The second-order valence-electron chi connectivity index (χ2n) is 10.4. The third kappa shape index (κ3) is 7.16. The Labute approximate surface area is 242 Å². The molecule has 1 saturated heterocycles. The second-order valence-corrected chi connectivity index (χ2v) is 10.4. The predicted octanol–water partition coefficient (Wildman–Crippen LogP) is 5.29. The number of aromatic amines is 1. The van der Waals surface area contributed by atoms with E-state index in [0.717, 1.165) is 22.0 Å². The third-order valence-electron chi connectivity index (χ3n) is 7.37. The highest BCUT2D eigenvalue weighted by Gasteiger charge is 2.39. The molecule has 7 nitrogen and oxygen atoms in total. The smallest absolute Gasteiger partial charge is 0.361 e. The Hall–Kier alpha value is -4.39. The molecule has 2 amide bonds. The maximum absolute atomic E-state index is 13.6. The summed E-state index contributed by atoms with van der Waals surface area (Å²) in [5, 5.41) is 3.69. The van der Waals surface area contributed by atoms with Crippen LogP contribution in [0.4, 0.5) is 26.3 Å². The largest absolute Gasteiger partial charge is 0.416 e. The number of benzene rings is 2. The number of rotatable bonds is 7. The number of halogens is 6. The van der Waals surface area contributed by atoms with Crippen LogP contribution in [0.1, 0.15) is 32.6 Å². The lowest BCUT2D eigenvalue weighted by molar-refractivity contribution is -0.143. The summed E-state index contributed by atoms with van der Waals surface area (Å²) in [6.07, 6.45) is -4.90. The predicted molar refractivity (Wildman–Crippen MR) is 146 cm³/mol. The number of nitrogens with one attached hydrogen (secondary N) is 2. The number of aromatic nitrogens is 2. The lowest BCUT2D eigenvalue weighted by Crippen LogP contribution is -2.57. The molecule has 0 spiro atoms. The van der Waals surface area contributed by atoms with Crippen molar-refractivity contribution in [3.63, 3.8) is 0 Å². The number of H-pyrrole nitrogens is 1. The van der Waals surface area contributed by atoms with Crippen molar-refractivity contribution in [3.8, 4) is 0 Å². The summed E-state index contributed by atoms with van der Waals surface area (Å²) in [7, 11) is 0. The number of amides is 2. The molecular formula is C30H27F6N5O2. The zero-order chi connectivity index (χ0) is 30.8. The van der Waals surface area contributed by atoms with Crippen LogP contribution in [0.25, 0.3) is 10.9 Å². The molecule has 0 radical (unpaired) electrons. The molecule has 1 unspecified atom stereocenters. The number of fused-ring (bicyclic) bond motifs is 1. The molecule has 2 aromatic carbocycles. The maximum Gasteiger partial charge on any atom is 0.416 e. The summed E-state index contributed by atoms with van der Waals surface area (Å²) in [6.45, 7) is 0.632. The maximum atomic E-state index is 13.6. The summed E-state index contributed by atoms with van der Waals surface area (Å²) in [5.41, 5.74) is -1.34. The molecule has 2 aromatic heterocycles. The van der Waals surface area contributed by atoms with Crippen molar-refractivity contribution in [1.29, 1.82) is 0 Å². The zero-order valence-corrected chi connectivity index (χ0v) is 22.7. The van der Waals surface area contributed by atoms with Gasteiger partial charge in [-0.15, -0.1) is 0 Å². The first-order valence-corrected chi connectivity index (χ1v) is 13.4. The fraction of sp³-hybridized carbons (Fsp3) is 0.300. The number of hydrogen-bond acceptors (Lipinski definition) is 4. The van der Waals surface area contributed by atoms with Gasteiger partial charge in [-0.3, -0.25) is 19.5 Å². The minimum Gasteiger partial charge on any atom is -0.361 e. The van der Waals surface area contributed by atoms with Crippen LogP contribution in [0, 0.1) is 0 Å². The molecule has 226 valence electrons. The average molecular weight is 604 g/mol. The van der Waals surface area contributed by atoms with E-state index in [4.69, 9.17) is 0 Å². The van der Waals surface area contributed by atoms with Crippen LogP contribution in [0.5, 0.6) is 0 Å². The summed E-state index contributed by atoms with van der Waals surface area (Å²) < 4.78 is 81.1. The van der Waals surface area contributed by atoms with Crippen LogP contribution in [-0.2, 0) is 30.1 Å². The highest BCUT2D eigenvalue weighted by molar-refractivity contribution is 5.95. The molecule has 13 heteroatoms. The summed E-state index contributed by atoms with van der Waals surface area (Å²) in [4.78, 5) is 36.6. The Kier molecular flexibility index (Phi) is 8.45. The van der Waals surface area contributed by atoms with Gasteiger partial charge in [0.25, 0.3) is 5.91 Å². The monoisotopic (exact) mass is 603 g/mol. The number of nitrogens with zero attached hydrogens (tertiary/aromatic N) is 3. The number of carbonyl (C=O) groups excluding carboxylic acids is 2. The van der Waals surface area contributed by atoms with Crippen LogP contribution >= 0.6 is 0 Å². The number of pyridine rings is 1. The van der Waals surface area contributed by atoms with Crippen LogP contribution in [0.3, 0.4) is 0 Å². The summed E-state index contributed by atoms with van der Waals surface area (Å²) >= 11 is 0. The Bertz CT molecular complexity index is 1570. The first-order chi connectivity index (χ1) is 20.4. The Morgan fingerprint density at radius 2 is 1.67 bits per heavy atom. The van der Waals surface area contributed by atoms with Gasteiger partial charge in [0.15, 0.2) is 0 Å². The standard InChI is InChI=1S/C30H27F6N5O2/c31-29(32,33)22-10-20(11-23(13-22)30(34,35)36)28(43)41-9-8-40(18-27(42)39-15-19-4-3-7-37-14-19)17-24(41)12-21-16-38-26-6-2-1-5-25(21)26/h1-7,10-11,13-14,16,24,38H,8-9,12,15,17-18H2,(H,39,42). The number of hydrogen-bond donors (Lipinski definition) is 2. The fourth-order valence-electron chi connectivity index (χ4n) is 5.27. The van der Waals surface area contributed by atoms with Gasteiger partial charge in [0.2, 0.25) is 5.91 Å². The lowest BCUT2D eigenvalue weighted by atomic mass is 9.98. The van der Waals surface area contributed by atoms with Gasteiger partial charge in [-0.2, -0.15) is 26.3 Å². The topological polar surface area (TPSA) is 81.3 Å². The van der Waals surface area contributed by atoms with Gasteiger partial charge < -0.3 is 15.2 Å². The minimum atomic E-state index is -5.08. The van der Waals surface area contributed by atoms with E-state index in [1.165, 1.54) is 4.90 Å². The molecule has 43 heavy (non-hydrogen) atoms. The van der Waals surface area contributed by atoms with Crippen molar-refractivity contribution in [2.45, 2.75) is 31.4 Å². The molecule has 3 heterocycles. The Balaban J connectivity index is 1.40. The van der Waals surface area contributed by atoms with Crippen molar-refractivity contribution >= 4 is 22.7 Å². The number of para-hydroxylation sites is 1. The average Bonchev–Trinajstić information content (AvgIpc) is 3.38. The van der Waals surface area contributed by atoms with E-state index in [0.29, 0.717) is 12.1 Å². The van der Waals surface area contributed by atoms with Crippen molar-refractivity contribution in [2.75, 3.05) is 26.2 Å². The first kappa shape index (κ1) is 30.1. The summed E-state index contributed by atoms with van der Waals surface area (Å²) in [6, 6.07) is 11.3. The van der Waals surface area contributed by atoms with E-state index >= 15 is 0 Å². The molecule has 4 aromatic rings. The molecule has 0 saturated carbocycles. The number of piperazine rings is 1. The van der Waals surface area contributed by atoms with Gasteiger partial charge in [0.05, 0.1) is 17.7 Å². The van der Waals surface area contributed by atoms with Crippen molar-refractivity contribution in [2.24, 2.45) is 0 Å². The van der Waals surface area contributed by atoms with Crippen LogP contribution in [-0.4, -0.2) is 63.8 Å². The highest BCUT2D eigenvalue weighted by atomic mass is 19.4.